The highest BCUT2D eigenvalue weighted by Gasteiger charge is 2.21. The van der Waals surface area contributed by atoms with Crippen LogP contribution in [0.4, 0.5) is 4.39 Å². The van der Waals surface area contributed by atoms with Gasteiger partial charge in [0.1, 0.15) is 5.82 Å². The number of aromatic nitrogens is 2. The van der Waals surface area contributed by atoms with Gasteiger partial charge in [-0.05, 0) is 57.0 Å². The van der Waals surface area contributed by atoms with Gasteiger partial charge in [0.15, 0.2) is 5.03 Å². The molecule has 0 bridgehead atoms. The van der Waals surface area contributed by atoms with E-state index in [1.54, 1.807) is 10.6 Å². The summed E-state index contributed by atoms with van der Waals surface area (Å²) < 4.78 is 15.6. The van der Waals surface area contributed by atoms with Crippen LogP contribution in [0.3, 0.4) is 0 Å². The molecule has 0 radical (unpaired) electrons. The Kier molecular flexibility index (Phi) is 7.77. The first-order valence-corrected chi connectivity index (χ1v) is 12.4. The van der Waals surface area contributed by atoms with Gasteiger partial charge in [-0.15, -0.1) is 0 Å². The van der Waals surface area contributed by atoms with Crippen LogP contribution in [-0.2, 0) is 17.9 Å². The summed E-state index contributed by atoms with van der Waals surface area (Å²) in [5.74, 6) is 0.324. The minimum absolute atomic E-state index is 0.0915. The molecule has 4 rings (SSSR count). The summed E-state index contributed by atoms with van der Waals surface area (Å²) in [4.78, 5) is 31.9. The largest absolute Gasteiger partial charge is 0.355 e. The molecule has 1 N–H and O–H groups in total. The number of thioether (sulfide) groups is 1. The van der Waals surface area contributed by atoms with Crippen molar-refractivity contribution in [3.63, 3.8) is 0 Å². The van der Waals surface area contributed by atoms with Gasteiger partial charge in [0.25, 0.3) is 5.56 Å². The highest BCUT2D eigenvalue weighted by Crippen LogP contribution is 2.20. The summed E-state index contributed by atoms with van der Waals surface area (Å²) in [5.41, 5.74) is 2.13. The number of carbonyl (C=O) groups is 1. The Balaban J connectivity index is 1.24. The molecular formula is C25H29FN4O2S. The number of hydrogen-bond donors (Lipinski definition) is 1. The summed E-state index contributed by atoms with van der Waals surface area (Å²) in [5, 5.41) is 3.36. The molecule has 0 unspecified atom stereocenters. The van der Waals surface area contributed by atoms with Crippen molar-refractivity contribution in [2.75, 3.05) is 25.4 Å². The average molecular weight is 469 g/mol. The summed E-state index contributed by atoms with van der Waals surface area (Å²) in [6, 6.07) is 14.5. The number of benzene rings is 2. The fourth-order valence-electron chi connectivity index (χ4n) is 4.24. The lowest BCUT2D eigenvalue weighted by Gasteiger charge is -2.32. The number of carbonyl (C=O) groups excluding carboxylic acids is 1. The number of hydrogen-bond acceptors (Lipinski definition) is 5. The van der Waals surface area contributed by atoms with E-state index >= 15 is 0 Å². The standard InChI is InChI=1S/C25H29FN4O2S/c1-2-30-22-10-6-5-9-21(22)28-24(25(30)32)33-17-23(31)27-15-18-11-13-29(14-12-18)16-19-7-3-4-8-20(19)26/h3-10,18H,2,11-17H2,1H3,(H,27,31). The summed E-state index contributed by atoms with van der Waals surface area (Å²) in [6.07, 6.45) is 1.94. The maximum atomic E-state index is 13.9. The number of aryl methyl sites for hydroxylation is 1. The average Bonchev–Trinajstić information content (AvgIpc) is 2.84. The van der Waals surface area contributed by atoms with Gasteiger partial charge in [-0.2, -0.15) is 0 Å². The van der Waals surface area contributed by atoms with Crippen molar-refractivity contribution in [1.29, 1.82) is 0 Å². The zero-order valence-corrected chi connectivity index (χ0v) is 19.6. The van der Waals surface area contributed by atoms with Crippen LogP contribution < -0.4 is 10.9 Å². The SMILES string of the molecule is CCn1c(=O)c(SCC(=O)NCC2CCN(Cc3ccccc3F)CC2)nc2ccccc21. The van der Waals surface area contributed by atoms with Gasteiger partial charge in [-0.25, -0.2) is 9.37 Å². The van der Waals surface area contributed by atoms with Crippen molar-refractivity contribution in [3.05, 3.63) is 70.3 Å². The summed E-state index contributed by atoms with van der Waals surface area (Å²) in [7, 11) is 0. The highest BCUT2D eigenvalue weighted by atomic mass is 32.2. The molecule has 174 valence electrons. The predicted molar refractivity (Wildman–Crippen MR) is 130 cm³/mol. The molecule has 0 aliphatic carbocycles. The van der Waals surface area contributed by atoms with Gasteiger partial charge in [-0.1, -0.05) is 42.1 Å². The van der Waals surface area contributed by atoms with Gasteiger partial charge in [-0.3, -0.25) is 14.5 Å². The van der Waals surface area contributed by atoms with Crippen LogP contribution in [0.1, 0.15) is 25.3 Å². The minimum atomic E-state index is -0.156. The van der Waals surface area contributed by atoms with Crippen LogP contribution >= 0.6 is 11.8 Å². The van der Waals surface area contributed by atoms with Gasteiger partial charge >= 0.3 is 0 Å². The molecule has 2 heterocycles. The van der Waals surface area contributed by atoms with E-state index in [1.165, 1.54) is 17.8 Å². The quantitative estimate of drug-likeness (QED) is 0.511. The van der Waals surface area contributed by atoms with E-state index in [2.05, 4.69) is 15.2 Å². The smallest absolute Gasteiger partial charge is 0.283 e. The molecule has 1 amide bonds. The van der Waals surface area contributed by atoms with Crippen LogP contribution in [-0.4, -0.2) is 45.7 Å². The van der Waals surface area contributed by atoms with E-state index in [1.807, 2.05) is 43.3 Å². The van der Waals surface area contributed by atoms with Gasteiger partial charge in [0.2, 0.25) is 5.91 Å². The van der Waals surface area contributed by atoms with E-state index in [-0.39, 0.29) is 23.0 Å². The maximum Gasteiger partial charge on any atom is 0.283 e. The van der Waals surface area contributed by atoms with E-state index in [4.69, 9.17) is 0 Å². The third-order valence-corrected chi connectivity index (χ3v) is 7.07. The first-order valence-electron chi connectivity index (χ1n) is 11.4. The predicted octanol–water partition coefficient (Wildman–Crippen LogP) is 3.68. The number of fused-ring (bicyclic) bond motifs is 1. The fraction of sp³-hybridized carbons (Fsp3) is 0.400. The zero-order chi connectivity index (χ0) is 23.2. The Hall–Kier alpha value is -2.71. The van der Waals surface area contributed by atoms with Crippen molar-refractivity contribution in [1.82, 2.24) is 19.8 Å². The van der Waals surface area contributed by atoms with Crippen molar-refractivity contribution in [3.8, 4) is 0 Å². The first-order chi connectivity index (χ1) is 16.0. The molecule has 0 spiro atoms. The lowest BCUT2D eigenvalue weighted by molar-refractivity contribution is -0.118. The second-order valence-electron chi connectivity index (χ2n) is 8.36. The monoisotopic (exact) mass is 468 g/mol. The maximum absolute atomic E-state index is 13.9. The number of likely N-dealkylation sites (tertiary alicyclic amines) is 1. The molecule has 2 aromatic carbocycles. The molecule has 1 saturated heterocycles. The number of halogens is 1. The Morgan fingerprint density at radius 2 is 1.88 bits per heavy atom. The molecule has 1 fully saturated rings. The lowest BCUT2D eigenvalue weighted by Crippen LogP contribution is -2.39. The molecule has 1 aromatic heterocycles. The molecule has 3 aromatic rings. The van der Waals surface area contributed by atoms with Crippen molar-refractivity contribution >= 4 is 28.7 Å². The van der Waals surface area contributed by atoms with Crippen LogP contribution in [0, 0.1) is 11.7 Å². The lowest BCUT2D eigenvalue weighted by atomic mass is 9.96. The molecule has 6 nitrogen and oxygen atoms in total. The third-order valence-electron chi connectivity index (χ3n) is 6.13. The summed E-state index contributed by atoms with van der Waals surface area (Å²) >= 11 is 1.19. The number of piperidine rings is 1. The Bertz CT molecular complexity index is 1170. The Labute approximate surface area is 197 Å². The van der Waals surface area contributed by atoms with Crippen LogP contribution in [0.15, 0.2) is 58.4 Å². The van der Waals surface area contributed by atoms with E-state index in [0.29, 0.717) is 30.6 Å². The topological polar surface area (TPSA) is 67.2 Å². The van der Waals surface area contributed by atoms with Crippen LogP contribution in [0.5, 0.6) is 0 Å². The summed E-state index contributed by atoms with van der Waals surface area (Å²) in [6.45, 7) is 5.50. The second-order valence-corrected chi connectivity index (χ2v) is 9.32. The Morgan fingerprint density at radius 1 is 1.15 bits per heavy atom. The Morgan fingerprint density at radius 3 is 2.64 bits per heavy atom. The molecule has 33 heavy (non-hydrogen) atoms. The number of nitrogens with zero attached hydrogens (tertiary/aromatic N) is 3. The van der Waals surface area contributed by atoms with Crippen molar-refractivity contribution in [2.24, 2.45) is 5.92 Å². The van der Waals surface area contributed by atoms with Gasteiger partial charge < -0.3 is 9.88 Å². The molecule has 0 atom stereocenters. The highest BCUT2D eigenvalue weighted by molar-refractivity contribution is 7.99. The van der Waals surface area contributed by atoms with Gasteiger partial charge in [0, 0.05) is 25.2 Å². The third kappa shape index (κ3) is 5.81. The number of para-hydroxylation sites is 2. The molecule has 1 aliphatic heterocycles. The number of amides is 1. The molecular weight excluding hydrogens is 439 g/mol. The van der Waals surface area contributed by atoms with Crippen LogP contribution in [0.2, 0.25) is 0 Å². The first kappa shape index (κ1) is 23.4. The normalized spacial score (nSPS) is 15.1. The van der Waals surface area contributed by atoms with E-state index in [9.17, 15) is 14.0 Å². The van der Waals surface area contributed by atoms with E-state index in [0.717, 1.165) is 42.5 Å². The minimum Gasteiger partial charge on any atom is -0.355 e. The van der Waals surface area contributed by atoms with Crippen LogP contribution in [0.25, 0.3) is 11.0 Å². The van der Waals surface area contributed by atoms with E-state index < -0.39 is 0 Å². The number of rotatable bonds is 8. The van der Waals surface area contributed by atoms with Crippen molar-refractivity contribution in [2.45, 2.75) is 37.9 Å². The van der Waals surface area contributed by atoms with Gasteiger partial charge in [0.05, 0.1) is 16.8 Å². The molecule has 1 aliphatic rings. The number of nitrogens with one attached hydrogen (secondary N) is 1. The molecule has 8 heteroatoms. The van der Waals surface area contributed by atoms with Crippen molar-refractivity contribution < 1.29 is 9.18 Å². The fourth-order valence-corrected chi connectivity index (χ4v) is 5.00. The zero-order valence-electron chi connectivity index (χ0n) is 18.8. The second kappa shape index (κ2) is 10.9. The molecule has 0 saturated carbocycles.